The van der Waals surface area contributed by atoms with Gasteiger partial charge in [0, 0.05) is 20.8 Å². The minimum absolute atomic E-state index is 0.842. The molecule has 6 fully saturated rings. The van der Waals surface area contributed by atoms with Crippen LogP contribution in [0.2, 0.25) is 0 Å². The molecule has 79 heavy (non-hydrogen) atoms. The van der Waals surface area contributed by atoms with Gasteiger partial charge in [-0.3, -0.25) is 18.9 Å². The molecule has 0 radical (unpaired) electrons. The Labute approximate surface area is 448 Å². The van der Waals surface area contributed by atoms with E-state index in [1.807, 2.05) is 0 Å². The van der Waals surface area contributed by atoms with E-state index in [-0.39, 0.29) is 0 Å². The second-order valence-electron chi connectivity index (χ2n) is 19.5. The molecule has 6 aliphatic heterocycles. The van der Waals surface area contributed by atoms with E-state index in [9.17, 15) is 99.4 Å². The van der Waals surface area contributed by atoms with Gasteiger partial charge in [0.2, 0.25) is 17.7 Å². The Morgan fingerprint density at radius 2 is 0.835 bits per heavy atom. The van der Waals surface area contributed by atoms with Crippen molar-refractivity contribution in [2.75, 3.05) is 33.0 Å². The third-order valence-corrected chi connectivity index (χ3v) is 14.2. The van der Waals surface area contributed by atoms with Crippen LogP contribution < -0.4 is 16.0 Å². The highest BCUT2D eigenvalue weighted by Crippen LogP contribution is 2.37. The lowest BCUT2D eigenvalue weighted by Crippen LogP contribution is -2.71. The van der Waals surface area contributed by atoms with E-state index in [0.29, 0.717) is 0 Å². The summed E-state index contributed by atoms with van der Waals surface area (Å²) in [7, 11) is -5.13. The normalized spacial score (nSPS) is 47.0. The number of amides is 3. The Bertz CT molecular complexity index is 2110. The van der Waals surface area contributed by atoms with Crippen molar-refractivity contribution < 1.29 is 160 Å². The van der Waals surface area contributed by atoms with Crippen molar-refractivity contribution in [3.05, 3.63) is 0 Å². The van der Waals surface area contributed by atoms with E-state index < -0.39 is 245 Å². The smallest absolute Gasteiger partial charge is 0.394 e. The monoisotopic (exact) mass is 1180 g/mol. The summed E-state index contributed by atoms with van der Waals surface area (Å²) in [5, 5.41) is 169. The van der Waals surface area contributed by atoms with Crippen LogP contribution in [-0.4, -0.2) is 324 Å². The number of nitrogens with one attached hydrogen (secondary N) is 3. The highest BCUT2D eigenvalue weighted by atomic mass is 32.3. The first kappa shape index (κ1) is 65.4. The molecule has 6 saturated heterocycles. The van der Waals surface area contributed by atoms with Crippen molar-refractivity contribution in [3.8, 4) is 0 Å². The number of carbonyl (C=O) groups excluding carboxylic acids is 3. The van der Waals surface area contributed by atoms with Crippen molar-refractivity contribution in [2.45, 2.75) is 212 Å². The Balaban J connectivity index is 1.27. The summed E-state index contributed by atoms with van der Waals surface area (Å²) >= 11 is 0. The standard InChI is InChI=1S/C42H71N3O33S/c1-10-22(52)27(57)30(60)40(69-10)78-36-21(45-13(4)51)38(72-16(7-48)34(36)76-41-31(61)28(58)23(53)14(5-46)71-41)67-8-17-25(55)35(20(37(63)70-17)44-12(3)50)77-39-19(43-11(2)49)26(56)33(15(6-47)73-39)75-42-32(62)29(59)24(54)18(74-42)9-68-79(64,65)66/h10,14-42,46-48,52-63H,5-9H2,1-4H3,(H,43,49)(H,44,50)(H,45,51)(H,64,65,66)/t10-,14+,15+,16+,17+,18+,19+,20+,21+,22+,23-,24-,25-,26+,27+,28-,29-,30-,31+,32+,33+,34+,35+,36+,37-,38+,39-,40-,41-,42-/m0/s1. The lowest BCUT2D eigenvalue weighted by atomic mass is 9.93. The second-order valence-corrected chi connectivity index (χ2v) is 20.6. The molecule has 30 atom stereocenters. The molecule has 0 spiro atoms. The molecule has 0 aliphatic carbocycles. The van der Waals surface area contributed by atoms with Crippen molar-refractivity contribution in [2.24, 2.45) is 0 Å². The molecule has 6 rings (SSSR count). The fourth-order valence-electron chi connectivity index (χ4n) is 9.70. The molecule has 37 heteroatoms. The minimum atomic E-state index is -5.13. The minimum Gasteiger partial charge on any atom is -0.394 e. The van der Waals surface area contributed by atoms with Gasteiger partial charge in [-0.2, -0.15) is 8.42 Å². The van der Waals surface area contributed by atoms with Gasteiger partial charge in [-0.05, 0) is 6.92 Å². The van der Waals surface area contributed by atoms with Crippen LogP contribution in [0.1, 0.15) is 27.7 Å². The molecular weight excluding hydrogens is 1110 g/mol. The van der Waals surface area contributed by atoms with Gasteiger partial charge >= 0.3 is 10.4 Å². The maximum atomic E-state index is 12.9. The van der Waals surface area contributed by atoms with E-state index in [2.05, 4.69) is 20.1 Å². The number of ether oxygens (including phenoxy) is 11. The number of hydrogen-bond acceptors (Lipinski definition) is 32. The SMILES string of the molecule is CC(=O)N[C@@H]1[C@@H](O[C@@H]2O[C@H](CO)[C@@H](O[C@@H]3O[C@H](COS(=O)(=O)O)[C@H](O)[C@H](O)[C@H]3O)[C@H](O)[C@H]2NC(C)=O)[C@@H](O)[C@@H](CO[C@@H]2O[C@H](CO)[C@@H](O[C@@H]3O[C@H](CO)[C@H](O)[C@H](O)[C@H]3O)[C@H](O[C@@H]3O[C@@H](C)[C@@H](O)[C@@H](O)[C@@H]3O)[C@H]2NC(C)=O)O[C@@H]1O. The van der Waals surface area contributed by atoms with Crippen LogP contribution in [0, 0.1) is 0 Å². The lowest BCUT2D eigenvalue weighted by molar-refractivity contribution is -0.376. The zero-order chi connectivity index (χ0) is 58.7. The van der Waals surface area contributed by atoms with E-state index in [1.54, 1.807) is 0 Å². The molecule has 6 aliphatic rings. The predicted octanol–water partition coefficient (Wildman–Crippen LogP) is -12.8. The zero-order valence-electron chi connectivity index (χ0n) is 42.4. The topological polar surface area (TPSA) is 556 Å². The summed E-state index contributed by atoms with van der Waals surface area (Å²) in [6.07, 6.45) is -51.3. The average Bonchev–Trinajstić information content (AvgIpc) is 3.44. The van der Waals surface area contributed by atoms with Gasteiger partial charge < -0.3 is 145 Å². The first-order chi connectivity index (χ1) is 37.0. The molecule has 0 aromatic heterocycles. The molecule has 19 N–H and O–H groups in total. The van der Waals surface area contributed by atoms with Gasteiger partial charge in [0.25, 0.3) is 0 Å². The van der Waals surface area contributed by atoms with Crippen LogP contribution in [0.5, 0.6) is 0 Å². The molecule has 0 aromatic rings. The average molecular weight is 1180 g/mol. The summed E-state index contributed by atoms with van der Waals surface area (Å²) in [6, 6.07) is -5.29. The molecule has 0 saturated carbocycles. The maximum absolute atomic E-state index is 12.9. The lowest BCUT2D eigenvalue weighted by Gasteiger charge is -2.51. The van der Waals surface area contributed by atoms with Crippen LogP contribution in [0.4, 0.5) is 0 Å². The third-order valence-electron chi connectivity index (χ3n) is 13.8. The molecule has 0 bridgehead atoms. The molecular formula is C42H71N3O33S. The Morgan fingerprint density at radius 1 is 0.418 bits per heavy atom. The predicted molar refractivity (Wildman–Crippen MR) is 243 cm³/mol. The van der Waals surface area contributed by atoms with Gasteiger partial charge in [0.1, 0.15) is 140 Å². The third kappa shape index (κ3) is 15.3. The van der Waals surface area contributed by atoms with E-state index in [1.165, 1.54) is 6.92 Å². The summed E-state index contributed by atoms with van der Waals surface area (Å²) < 4.78 is 99.8. The van der Waals surface area contributed by atoms with E-state index in [4.69, 9.17) is 56.7 Å². The number of hydrogen-bond donors (Lipinski definition) is 19. The zero-order valence-corrected chi connectivity index (χ0v) is 43.2. The van der Waals surface area contributed by atoms with Crippen molar-refractivity contribution >= 4 is 28.1 Å². The second kappa shape index (κ2) is 27.8. The Kier molecular flexibility index (Phi) is 23.0. The van der Waals surface area contributed by atoms with Gasteiger partial charge in [-0.25, -0.2) is 4.18 Å². The van der Waals surface area contributed by atoms with Crippen LogP contribution in [0.3, 0.4) is 0 Å². The van der Waals surface area contributed by atoms with Gasteiger partial charge in [0.05, 0.1) is 39.1 Å². The quantitative estimate of drug-likeness (QED) is 0.0503. The van der Waals surface area contributed by atoms with E-state index >= 15 is 0 Å². The van der Waals surface area contributed by atoms with E-state index in [0.717, 1.165) is 20.8 Å². The Morgan fingerprint density at radius 3 is 1.38 bits per heavy atom. The number of rotatable bonds is 20. The molecule has 458 valence electrons. The molecule has 0 aromatic carbocycles. The molecule has 6 heterocycles. The fourth-order valence-corrected chi connectivity index (χ4v) is 10.0. The van der Waals surface area contributed by atoms with Gasteiger partial charge in [-0.1, -0.05) is 0 Å². The van der Waals surface area contributed by atoms with Crippen LogP contribution in [-0.2, 0) is 81.1 Å². The van der Waals surface area contributed by atoms with Crippen molar-refractivity contribution in [1.82, 2.24) is 16.0 Å². The number of aliphatic hydroxyl groups excluding tert-OH is 15. The van der Waals surface area contributed by atoms with Crippen molar-refractivity contribution in [3.63, 3.8) is 0 Å². The highest BCUT2D eigenvalue weighted by molar-refractivity contribution is 7.80. The van der Waals surface area contributed by atoms with Crippen LogP contribution >= 0.6 is 0 Å². The van der Waals surface area contributed by atoms with Gasteiger partial charge in [0.15, 0.2) is 37.7 Å². The van der Waals surface area contributed by atoms with Crippen LogP contribution in [0.25, 0.3) is 0 Å². The first-order valence-corrected chi connectivity index (χ1v) is 26.0. The summed E-state index contributed by atoms with van der Waals surface area (Å²) in [4.78, 5) is 38.1. The number of carbonyl (C=O) groups is 3. The molecule has 3 amide bonds. The van der Waals surface area contributed by atoms with Crippen LogP contribution in [0.15, 0.2) is 0 Å². The maximum Gasteiger partial charge on any atom is 0.397 e. The summed E-state index contributed by atoms with van der Waals surface area (Å²) in [5.74, 6) is -2.57. The molecule has 36 nitrogen and oxygen atoms in total. The van der Waals surface area contributed by atoms with Gasteiger partial charge in [-0.15, -0.1) is 0 Å². The summed E-state index contributed by atoms with van der Waals surface area (Å²) in [5.41, 5.74) is 0. The first-order valence-electron chi connectivity index (χ1n) is 24.6. The largest absolute Gasteiger partial charge is 0.397 e. The Hall–Kier alpha value is -2.76. The molecule has 0 unspecified atom stereocenters. The highest BCUT2D eigenvalue weighted by Gasteiger charge is 2.58. The summed E-state index contributed by atoms with van der Waals surface area (Å²) in [6.45, 7) is -0.778. The fraction of sp³-hybridized carbons (Fsp3) is 0.929. The van der Waals surface area contributed by atoms with Crippen molar-refractivity contribution in [1.29, 1.82) is 0 Å². The number of aliphatic hydroxyl groups is 15.